The van der Waals surface area contributed by atoms with Gasteiger partial charge in [-0.15, -0.1) is 0 Å². The van der Waals surface area contributed by atoms with Crippen LogP contribution < -0.4 is 0 Å². The van der Waals surface area contributed by atoms with Crippen molar-refractivity contribution in [3.05, 3.63) is 186 Å². The largest absolute Gasteiger partial charge is 4.00 e. The first-order valence-electron chi connectivity index (χ1n) is 12.3. The first-order valence-corrected chi connectivity index (χ1v) is 12.3. The second-order valence-electron chi connectivity index (χ2n) is 8.85. The third kappa shape index (κ3) is 18.7. The molecule has 5 aromatic rings. The number of benzene rings is 1. The zero-order chi connectivity index (χ0) is 27.6. The van der Waals surface area contributed by atoms with E-state index >= 15 is 0 Å². The molecule has 5 rings (SSSR count). The van der Waals surface area contributed by atoms with Gasteiger partial charge in [0, 0.05) is 48.0 Å². The molecule has 0 bridgehead atoms. The summed E-state index contributed by atoms with van der Waals surface area (Å²) in [7, 11) is 1.45. The van der Waals surface area contributed by atoms with Gasteiger partial charge in [-0.2, -0.15) is 4.74 Å². The van der Waals surface area contributed by atoms with E-state index in [4.69, 9.17) is 0 Å². The monoisotopic (exact) mass is 848 g/mol. The van der Waals surface area contributed by atoms with E-state index in [2.05, 4.69) is 19.9 Å². The van der Waals surface area contributed by atoms with Gasteiger partial charge < -0.3 is 59.6 Å². The molecule has 0 atom stereocenters. The van der Waals surface area contributed by atoms with Crippen LogP contribution in [0.25, 0.3) is 72.0 Å². The number of aryl methyl sites for hydroxylation is 2. The molecule has 4 heterocycles. The number of aromatic nitrogens is 4. The zero-order valence-corrected chi connectivity index (χ0v) is 30.8. The van der Waals surface area contributed by atoms with Gasteiger partial charge in [-0.3, -0.25) is 19.9 Å². The number of hydrogen-bond donors (Lipinski definition) is 0. The molecule has 1 aromatic carbocycles. The Balaban J connectivity index is -0.000000122. The van der Waals surface area contributed by atoms with Gasteiger partial charge in [0.1, 0.15) is 7.05 Å². The molecule has 0 saturated carbocycles. The predicted molar refractivity (Wildman–Crippen MR) is 196 cm³/mol. The van der Waals surface area contributed by atoms with Crippen LogP contribution in [0.1, 0.15) is 22.3 Å². The smallest absolute Gasteiger partial charge is 0.693 e. The van der Waals surface area contributed by atoms with Gasteiger partial charge in [-0.25, -0.2) is 4.74 Å². The topological polar surface area (TPSA) is 372 Å². The van der Waals surface area contributed by atoms with Gasteiger partial charge in [0.2, 0.25) is 5.69 Å². The van der Waals surface area contributed by atoms with E-state index in [9.17, 15) is 10.4 Å². The van der Waals surface area contributed by atoms with Crippen molar-refractivity contribution < 1.29 is 48.4 Å². The number of nitrogens with zero attached hydrogens (tertiary/aromatic N) is 6. The van der Waals surface area contributed by atoms with E-state index in [1.807, 2.05) is 68.4 Å². The minimum absolute atomic E-state index is 0. The summed E-state index contributed by atoms with van der Waals surface area (Å²) in [6.45, 7) is 4.02. The Bertz CT molecular complexity index is 1640. The van der Waals surface area contributed by atoms with Gasteiger partial charge in [0.15, 0.2) is 12.4 Å². The quantitative estimate of drug-likeness (QED) is 0.0543. The molecule has 0 radical (unpaired) electrons. The summed E-state index contributed by atoms with van der Waals surface area (Å²) in [6, 6.07) is 24.2. The van der Waals surface area contributed by atoms with Crippen molar-refractivity contribution in [3.63, 3.8) is 0 Å². The van der Waals surface area contributed by atoms with Gasteiger partial charge in [-0.1, -0.05) is 18.2 Å². The van der Waals surface area contributed by atoms with Crippen molar-refractivity contribution in [1.29, 1.82) is 0 Å². The van der Waals surface area contributed by atoms with E-state index in [1.165, 1.54) is 19.5 Å². The van der Waals surface area contributed by atoms with Crippen LogP contribution in [0, 0.1) is 24.3 Å². The van der Waals surface area contributed by atoms with Crippen molar-refractivity contribution in [2.75, 3.05) is 7.05 Å². The van der Waals surface area contributed by atoms with E-state index < -0.39 is 0 Å². The standard InChI is InChI=1S/C18H15N3O.C13H13N3O.8H2N.2Ru/c1-14-7-9-19-17(11-14)18-12-15(8-10-20-18)13-21(22)16-5-3-2-4-6-16;1-10-3-5-14-12(7-10)13-8-11(4-6-15-13)9-16(2)17;;;;;;;;;;/h2-13H,1H3;3-9H,1-2H3;8*1H2;;/q;;8*-1;2*+4/b21-13-;16-9-;;;;;;;;;;. The molecule has 0 unspecified atom stereocenters. The molecular formula is C31H44N14O2Ru2. The summed E-state index contributed by atoms with van der Waals surface area (Å²) in [4.78, 5) is 17.2. The maximum Gasteiger partial charge on any atom is 4.00 e. The molecular weight excluding hydrogens is 803 g/mol. The molecule has 49 heavy (non-hydrogen) atoms. The van der Waals surface area contributed by atoms with Crippen molar-refractivity contribution in [2.45, 2.75) is 13.8 Å². The molecule has 0 amide bonds. The van der Waals surface area contributed by atoms with Crippen LogP contribution in [-0.2, 0) is 39.0 Å². The van der Waals surface area contributed by atoms with Crippen molar-refractivity contribution in [3.8, 4) is 22.8 Å². The van der Waals surface area contributed by atoms with Crippen molar-refractivity contribution in [1.82, 2.24) is 19.9 Å². The minimum Gasteiger partial charge on any atom is -0.693 e. The van der Waals surface area contributed by atoms with Crippen molar-refractivity contribution in [2.24, 2.45) is 0 Å². The van der Waals surface area contributed by atoms with E-state index in [0.717, 1.165) is 54.5 Å². The predicted octanol–water partition coefficient (Wildman–Crippen LogP) is 11.5. The van der Waals surface area contributed by atoms with Crippen LogP contribution in [0.5, 0.6) is 0 Å². The average Bonchev–Trinajstić information content (AvgIpc) is 2.94. The molecule has 0 aliphatic rings. The van der Waals surface area contributed by atoms with E-state index in [1.54, 1.807) is 49.1 Å². The molecule has 4 aromatic heterocycles. The molecule has 0 fully saturated rings. The molecule has 266 valence electrons. The van der Waals surface area contributed by atoms with Crippen LogP contribution in [0.2, 0.25) is 0 Å². The van der Waals surface area contributed by atoms with Gasteiger partial charge in [0.05, 0.1) is 22.8 Å². The summed E-state index contributed by atoms with van der Waals surface area (Å²) in [5.74, 6) is 0. The SMILES string of the molecule is Cc1ccnc(-c2cc(/C=[N+](/C)[O-])ccn2)c1.Cc1ccnc(-c2cc(/C=[N+](\[O-])c3ccccc3)ccn2)c1.[NH2-].[NH2-].[NH2-].[NH2-].[NH2-].[NH2-].[NH2-].[NH2-].[Ru+4].[Ru+4]. The summed E-state index contributed by atoms with van der Waals surface area (Å²) in [6.07, 6.45) is 9.91. The Morgan fingerprint density at radius 3 is 1.20 bits per heavy atom. The molecule has 16 nitrogen and oxygen atoms in total. The number of rotatable bonds is 5. The molecule has 0 aliphatic carbocycles. The zero-order valence-electron chi connectivity index (χ0n) is 27.3. The molecule has 16 N–H and O–H groups in total. The summed E-state index contributed by atoms with van der Waals surface area (Å²) in [5, 5.41) is 23.1. The summed E-state index contributed by atoms with van der Waals surface area (Å²) >= 11 is 0. The van der Waals surface area contributed by atoms with E-state index in [-0.39, 0.29) is 88.2 Å². The number of para-hydroxylation sites is 1. The number of nitrogens with two attached hydrogens (primary N) is 8. The van der Waals surface area contributed by atoms with Gasteiger partial charge >= 0.3 is 39.0 Å². The second kappa shape index (κ2) is 29.8. The average molecular weight is 847 g/mol. The van der Waals surface area contributed by atoms with Gasteiger partial charge in [-0.05, 0) is 73.5 Å². The molecule has 0 aliphatic heterocycles. The first-order chi connectivity index (χ1) is 18.9. The molecule has 0 saturated heterocycles. The maximum absolute atomic E-state index is 12.1. The fourth-order valence-corrected chi connectivity index (χ4v) is 3.68. The van der Waals surface area contributed by atoms with E-state index in [0.29, 0.717) is 5.69 Å². The second-order valence-corrected chi connectivity index (χ2v) is 8.85. The summed E-state index contributed by atoms with van der Waals surface area (Å²) in [5.41, 5.74) is 7.57. The van der Waals surface area contributed by atoms with Gasteiger partial charge in [0.25, 0.3) is 0 Å². The third-order valence-corrected chi connectivity index (χ3v) is 5.53. The number of hydrogen-bond acceptors (Lipinski definition) is 6. The Hall–Kier alpha value is -4.31. The Labute approximate surface area is 314 Å². The Morgan fingerprint density at radius 2 is 0.837 bits per heavy atom. The van der Waals surface area contributed by atoms with Crippen LogP contribution in [0.15, 0.2) is 104 Å². The number of hydroxylamine groups is 1. The fourth-order valence-electron chi connectivity index (χ4n) is 3.68. The maximum atomic E-state index is 12.1. The Morgan fingerprint density at radius 1 is 0.490 bits per heavy atom. The van der Waals surface area contributed by atoms with Crippen LogP contribution >= 0.6 is 0 Å². The van der Waals surface area contributed by atoms with Crippen LogP contribution in [-0.4, -0.2) is 48.9 Å². The fraction of sp³-hybridized carbons (Fsp3) is 0.0968. The third-order valence-electron chi connectivity index (χ3n) is 5.53. The van der Waals surface area contributed by atoms with Crippen molar-refractivity contribution >= 4 is 18.1 Å². The first kappa shape index (κ1) is 60.0. The Kier molecular flexibility index (Phi) is 36.5. The van der Waals surface area contributed by atoms with Crippen LogP contribution in [0.4, 0.5) is 5.69 Å². The van der Waals surface area contributed by atoms with Crippen LogP contribution in [0.3, 0.4) is 0 Å². The molecule has 0 spiro atoms. The number of pyridine rings is 4. The minimum atomic E-state index is 0. The normalized spacial score (nSPS) is 9.12. The molecule has 18 heteroatoms. The summed E-state index contributed by atoms with van der Waals surface area (Å²) < 4.78 is 1.62.